The number of ether oxygens (including phenoxy) is 2. The van der Waals surface area contributed by atoms with E-state index in [0.717, 1.165) is 10.4 Å². The topological polar surface area (TPSA) is 82.5 Å². The molecule has 1 N–H and O–H groups in total. The normalized spacial score (nSPS) is 10.8. The average Bonchev–Trinajstić information content (AvgIpc) is 3.30. The number of carbonyl (C=O) groups is 1. The van der Waals surface area contributed by atoms with Crippen LogP contribution in [0.25, 0.3) is 20.7 Å². The van der Waals surface area contributed by atoms with Crippen LogP contribution in [0.1, 0.15) is 0 Å². The fraction of sp³-hybridized carbons (Fsp3) is 0.160. The molecule has 9 heteroatoms. The number of thioether (sulfide) groups is 1. The van der Waals surface area contributed by atoms with Crippen LogP contribution in [0, 0.1) is 0 Å². The lowest BCUT2D eigenvalue weighted by Crippen LogP contribution is -2.23. The second kappa shape index (κ2) is 10.6. The van der Waals surface area contributed by atoms with E-state index in [1.54, 1.807) is 36.0 Å². The summed E-state index contributed by atoms with van der Waals surface area (Å²) in [6, 6.07) is 16.9. The Bertz CT molecular complexity index is 1400. The summed E-state index contributed by atoms with van der Waals surface area (Å²) in [7, 11) is 3.08. The van der Waals surface area contributed by atoms with E-state index in [2.05, 4.69) is 11.9 Å². The van der Waals surface area contributed by atoms with Crippen molar-refractivity contribution in [2.45, 2.75) is 11.7 Å². The minimum absolute atomic E-state index is 0.0606. The molecule has 0 fully saturated rings. The second-order valence-corrected chi connectivity index (χ2v) is 9.19. The zero-order valence-electron chi connectivity index (χ0n) is 18.7. The molecule has 0 bridgehead atoms. The van der Waals surface area contributed by atoms with Crippen molar-refractivity contribution in [3.05, 3.63) is 77.6 Å². The van der Waals surface area contributed by atoms with E-state index in [9.17, 15) is 9.59 Å². The summed E-state index contributed by atoms with van der Waals surface area (Å²) in [4.78, 5) is 31.6. The summed E-state index contributed by atoms with van der Waals surface area (Å²) in [6.07, 6.45) is 1.64. The van der Waals surface area contributed by atoms with Crippen molar-refractivity contribution < 1.29 is 14.3 Å². The van der Waals surface area contributed by atoms with E-state index >= 15 is 0 Å². The van der Waals surface area contributed by atoms with E-state index in [4.69, 9.17) is 14.5 Å². The fourth-order valence-electron chi connectivity index (χ4n) is 3.36. The molecule has 174 valence electrons. The summed E-state index contributed by atoms with van der Waals surface area (Å²) in [6.45, 7) is 4.06. The Morgan fingerprint density at radius 2 is 1.97 bits per heavy atom. The highest BCUT2D eigenvalue weighted by molar-refractivity contribution is 7.99. The van der Waals surface area contributed by atoms with Gasteiger partial charge in [-0.15, -0.1) is 17.9 Å². The summed E-state index contributed by atoms with van der Waals surface area (Å²) >= 11 is 2.61. The molecule has 2 heterocycles. The number of benzene rings is 2. The molecule has 0 aliphatic carbocycles. The molecular weight excluding hydrogens is 470 g/mol. The van der Waals surface area contributed by atoms with E-state index < -0.39 is 0 Å². The first-order chi connectivity index (χ1) is 16.5. The standard InChI is InChI=1S/C25H23N3O4S2/c1-4-12-28-24(30)23-19(14-21(34-23)16-8-6-5-7-9-16)27-25(28)33-15-22(29)26-18-13-17(31-2)10-11-20(18)32-3/h4-11,13-14H,1,12,15H2,2-3H3,(H,26,29). The minimum Gasteiger partial charge on any atom is -0.497 e. The SMILES string of the molecule is C=CCn1c(SCC(=O)Nc2cc(OC)ccc2OC)nc2cc(-c3ccccc3)sc2c1=O. The van der Waals surface area contributed by atoms with Gasteiger partial charge in [-0.05, 0) is 23.8 Å². The first-order valence-electron chi connectivity index (χ1n) is 10.4. The Balaban J connectivity index is 1.60. The zero-order chi connectivity index (χ0) is 24.1. The van der Waals surface area contributed by atoms with Crippen LogP contribution < -0.4 is 20.3 Å². The number of methoxy groups -OCH3 is 2. The van der Waals surface area contributed by atoms with Gasteiger partial charge in [0, 0.05) is 17.5 Å². The quantitative estimate of drug-likeness (QED) is 0.199. The van der Waals surface area contributed by atoms with Crippen LogP contribution in [-0.4, -0.2) is 35.4 Å². The van der Waals surface area contributed by atoms with Crippen molar-refractivity contribution >= 4 is 44.9 Å². The smallest absolute Gasteiger partial charge is 0.272 e. The van der Waals surface area contributed by atoms with Gasteiger partial charge in [0.05, 0.1) is 31.2 Å². The summed E-state index contributed by atoms with van der Waals surface area (Å²) in [5.41, 5.74) is 2.01. The van der Waals surface area contributed by atoms with Crippen molar-refractivity contribution in [3.63, 3.8) is 0 Å². The number of nitrogens with zero attached hydrogens (tertiary/aromatic N) is 2. The molecule has 0 spiro atoms. The molecule has 0 saturated carbocycles. The van der Waals surface area contributed by atoms with Gasteiger partial charge in [-0.25, -0.2) is 4.98 Å². The van der Waals surface area contributed by atoms with Crippen molar-refractivity contribution in [3.8, 4) is 21.9 Å². The lowest BCUT2D eigenvalue weighted by molar-refractivity contribution is -0.113. The third-order valence-corrected chi connectivity index (χ3v) is 7.12. The number of hydrogen-bond acceptors (Lipinski definition) is 7. The Kier molecular flexibility index (Phi) is 7.34. The van der Waals surface area contributed by atoms with Crippen LogP contribution in [0.3, 0.4) is 0 Å². The third kappa shape index (κ3) is 5.00. The Hall–Kier alpha value is -3.56. The van der Waals surface area contributed by atoms with Gasteiger partial charge in [0.15, 0.2) is 5.16 Å². The molecule has 4 aromatic rings. The van der Waals surface area contributed by atoms with E-state index in [0.29, 0.717) is 39.1 Å². The van der Waals surface area contributed by atoms with Gasteiger partial charge in [0.25, 0.3) is 5.56 Å². The molecule has 0 radical (unpaired) electrons. The molecule has 0 aliphatic heterocycles. The molecule has 34 heavy (non-hydrogen) atoms. The zero-order valence-corrected chi connectivity index (χ0v) is 20.4. The van der Waals surface area contributed by atoms with Crippen LogP contribution in [0.5, 0.6) is 11.5 Å². The number of amides is 1. The van der Waals surface area contributed by atoms with Crippen molar-refractivity contribution in [2.24, 2.45) is 0 Å². The summed E-state index contributed by atoms with van der Waals surface area (Å²) in [5, 5.41) is 3.30. The molecule has 0 aliphatic rings. The number of nitrogens with one attached hydrogen (secondary N) is 1. The number of thiophene rings is 1. The van der Waals surface area contributed by atoms with Crippen molar-refractivity contribution in [1.29, 1.82) is 0 Å². The fourth-order valence-corrected chi connectivity index (χ4v) is 5.22. The number of aromatic nitrogens is 2. The van der Waals surface area contributed by atoms with Crippen LogP contribution in [0.2, 0.25) is 0 Å². The first-order valence-corrected chi connectivity index (χ1v) is 12.2. The van der Waals surface area contributed by atoms with E-state index in [1.165, 1.54) is 30.2 Å². The first kappa shape index (κ1) is 23.6. The number of anilines is 1. The Morgan fingerprint density at radius 3 is 2.68 bits per heavy atom. The van der Waals surface area contributed by atoms with Gasteiger partial charge in [0.2, 0.25) is 5.91 Å². The van der Waals surface area contributed by atoms with Gasteiger partial charge in [0.1, 0.15) is 16.2 Å². The number of carbonyl (C=O) groups excluding carboxylic acids is 1. The monoisotopic (exact) mass is 493 g/mol. The minimum atomic E-state index is -0.258. The molecule has 7 nitrogen and oxygen atoms in total. The molecule has 0 atom stereocenters. The Labute approximate surface area is 205 Å². The molecule has 0 unspecified atom stereocenters. The highest BCUT2D eigenvalue weighted by atomic mass is 32.2. The molecule has 2 aromatic heterocycles. The molecule has 4 rings (SSSR count). The van der Waals surface area contributed by atoms with Crippen LogP contribution in [0.15, 0.2) is 77.2 Å². The second-order valence-electron chi connectivity index (χ2n) is 7.19. The van der Waals surface area contributed by atoms with E-state index in [1.807, 2.05) is 36.4 Å². The maximum absolute atomic E-state index is 13.2. The maximum atomic E-state index is 13.2. The van der Waals surface area contributed by atoms with Gasteiger partial charge in [-0.2, -0.15) is 0 Å². The van der Waals surface area contributed by atoms with Crippen LogP contribution in [-0.2, 0) is 11.3 Å². The van der Waals surface area contributed by atoms with Gasteiger partial charge < -0.3 is 14.8 Å². The average molecular weight is 494 g/mol. The third-order valence-electron chi connectivity index (χ3n) is 4.98. The van der Waals surface area contributed by atoms with Crippen LogP contribution in [0.4, 0.5) is 5.69 Å². The molecule has 0 saturated heterocycles. The van der Waals surface area contributed by atoms with Gasteiger partial charge in [-0.3, -0.25) is 14.2 Å². The number of allylic oxidation sites excluding steroid dienone is 1. The number of fused-ring (bicyclic) bond motifs is 1. The van der Waals surface area contributed by atoms with E-state index in [-0.39, 0.29) is 17.2 Å². The van der Waals surface area contributed by atoms with Gasteiger partial charge >= 0.3 is 0 Å². The number of hydrogen-bond donors (Lipinski definition) is 1. The highest BCUT2D eigenvalue weighted by Crippen LogP contribution is 2.32. The highest BCUT2D eigenvalue weighted by Gasteiger charge is 2.17. The predicted octanol–water partition coefficient (Wildman–Crippen LogP) is 5.06. The van der Waals surface area contributed by atoms with Crippen molar-refractivity contribution in [2.75, 3.05) is 25.3 Å². The Morgan fingerprint density at radius 1 is 1.18 bits per heavy atom. The van der Waals surface area contributed by atoms with Gasteiger partial charge in [-0.1, -0.05) is 48.2 Å². The molecule has 2 aromatic carbocycles. The van der Waals surface area contributed by atoms with Crippen molar-refractivity contribution in [1.82, 2.24) is 9.55 Å². The number of rotatable bonds is 9. The summed E-state index contributed by atoms with van der Waals surface area (Å²) in [5.74, 6) is 0.924. The molecule has 1 amide bonds. The largest absolute Gasteiger partial charge is 0.497 e. The lowest BCUT2D eigenvalue weighted by atomic mass is 10.2. The molecular formula is C25H23N3O4S2. The lowest BCUT2D eigenvalue weighted by Gasteiger charge is -2.12. The van der Waals surface area contributed by atoms with Crippen LogP contribution >= 0.6 is 23.1 Å². The maximum Gasteiger partial charge on any atom is 0.272 e. The predicted molar refractivity (Wildman–Crippen MR) is 138 cm³/mol. The summed E-state index contributed by atoms with van der Waals surface area (Å²) < 4.78 is 12.7.